The van der Waals surface area contributed by atoms with E-state index in [9.17, 15) is 14.0 Å². The lowest BCUT2D eigenvalue weighted by molar-refractivity contribution is -0.109. The Kier molecular flexibility index (Phi) is 4.82. The van der Waals surface area contributed by atoms with Gasteiger partial charge in [-0.1, -0.05) is 15.9 Å². The third kappa shape index (κ3) is 3.48. The van der Waals surface area contributed by atoms with Crippen molar-refractivity contribution in [2.24, 2.45) is 5.92 Å². The van der Waals surface area contributed by atoms with E-state index in [1.54, 1.807) is 6.07 Å². The maximum absolute atomic E-state index is 13.7. The molecular formula is C14H15BrFNO2. The van der Waals surface area contributed by atoms with Crippen molar-refractivity contribution in [3.05, 3.63) is 34.1 Å². The standard InChI is InChI=1S/C14H15BrFNO2/c15-11-1-2-12(13(16)9-11)14(19)10-3-5-17(6-4-10)7-8-18/h1-2,8-10H,3-7H2. The number of hydrogen-bond acceptors (Lipinski definition) is 3. The summed E-state index contributed by atoms with van der Waals surface area (Å²) in [5.41, 5.74) is 0.164. The van der Waals surface area contributed by atoms with E-state index in [-0.39, 0.29) is 17.3 Å². The van der Waals surface area contributed by atoms with Crippen LogP contribution in [0.3, 0.4) is 0 Å². The Morgan fingerprint density at radius 2 is 2.11 bits per heavy atom. The SMILES string of the molecule is O=CCN1CCC(C(=O)c2ccc(Br)cc2F)CC1. The zero-order chi connectivity index (χ0) is 13.8. The molecule has 3 nitrogen and oxygen atoms in total. The molecule has 1 aliphatic heterocycles. The Morgan fingerprint density at radius 1 is 1.42 bits per heavy atom. The summed E-state index contributed by atoms with van der Waals surface area (Å²) >= 11 is 3.18. The van der Waals surface area contributed by atoms with Crippen LogP contribution in [0.2, 0.25) is 0 Å². The second-order valence-corrected chi connectivity index (χ2v) is 5.65. The number of Topliss-reactive ketones (excluding diaryl/α,β-unsaturated/α-hetero) is 1. The number of carbonyl (C=O) groups excluding carboxylic acids is 2. The second-order valence-electron chi connectivity index (χ2n) is 4.73. The fraction of sp³-hybridized carbons (Fsp3) is 0.429. The van der Waals surface area contributed by atoms with Gasteiger partial charge >= 0.3 is 0 Å². The summed E-state index contributed by atoms with van der Waals surface area (Å²) in [6, 6.07) is 4.52. The minimum absolute atomic E-state index is 0.129. The van der Waals surface area contributed by atoms with Gasteiger partial charge in [-0.05, 0) is 44.1 Å². The highest BCUT2D eigenvalue weighted by molar-refractivity contribution is 9.10. The van der Waals surface area contributed by atoms with Gasteiger partial charge in [-0.3, -0.25) is 9.69 Å². The number of aldehydes is 1. The Hall–Kier alpha value is -1.07. The van der Waals surface area contributed by atoms with Crippen LogP contribution in [0.1, 0.15) is 23.2 Å². The largest absolute Gasteiger partial charge is 0.302 e. The van der Waals surface area contributed by atoms with E-state index in [1.165, 1.54) is 12.1 Å². The third-order valence-electron chi connectivity index (χ3n) is 3.49. The van der Waals surface area contributed by atoms with Gasteiger partial charge in [-0.15, -0.1) is 0 Å². The molecule has 0 amide bonds. The molecule has 1 aliphatic rings. The number of nitrogens with zero attached hydrogens (tertiary/aromatic N) is 1. The van der Waals surface area contributed by atoms with Crippen LogP contribution < -0.4 is 0 Å². The van der Waals surface area contributed by atoms with Crippen LogP contribution in [-0.2, 0) is 4.79 Å². The van der Waals surface area contributed by atoms with Gasteiger partial charge in [0, 0.05) is 10.4 Å². The van der Waals surface area contributed by atoms with Gasteiger partial charge in [0.1, 0.15) is 12.1 Å². The van der Waals surface area contributed by atoms with Crippen molar-refractivity contribution in [1.82, 2.24) is 4.90 Å². The number of halogens is 2. The van der Waals surface area contributed by atoms with E-state index in [1.807, 2.05) is 4.90 Å². The molecule has 1 aromatic rings. The molecule has 1 fully saturated rings. The maximum Gasteiger partial charge on any atom is 0.168 e. The van der Waals surface area contributed by atoms with Crippen LogP contribution in [0.5, 0.6) is 0 Å². The first-order chi connectivity index (χ1) is 9.11. The number of ketones is 1. The minimum atomic E-state index is -0.477. The fourth-order valence-corrected chi connectivity index (χ4v) is 2.73. The zero-order valence-corrected chi connectivity index (χ0v) is 12.0. The molecule has 0 radical (unpaired) electrons. The van der Waals surface area contributed by atoms with E-state index in [0.29, 0.717) is 36.9 Å². The van der Waals surface area contributed by atoms with Gasteiger partial charge < -0.3 is 4.79 Å². The molecule has 1 saturated heterocycles. The number of carbonyl (C=O) groups is 2. The number of rotatable bonds is 4. The second kappa shape index (κ2) is 6.39. The van der Waals surface area contributed by atoms with Crippen LogP contribution in [-0.4, -0.2) is 36.6 Å². The van der Waals surface area contributed by atoms with Crippen molar-refractivity contribution < 1.29 is 14.0 Å². The molecule has 0 spiro atoms. The molecule has 19 heavy (non-hydrogen) atoms. The highest BCUT2D eigenvalue weighted by atomic mass is 79.9. The zero-order valence-electron chi connectivity index (χ0n) is 10.4. The maximum atomic E-state index is 13.7. The minimum Gasteiger partial charge on any atom is -0.302 e. The van der Waals surface area contributed by atoms with Gasteiger partial charge in [0.25, 0.3) is 0 Å². The molecule has 5 heteroatoms. The number of hydrogen-bond donors (Lipinski definition) is 0. The molecule has 1 aromatic carbocycles. The molecular weight excluding hydrogens is 313 g/mol. The van der Waals surface area contributed by atoms with Crippen molar-refractivity contribution in [1.29, 1.82) is 0 Å². The summed E-state index contributed by atoms with van der Waals surface area (Å²) in [6.45, 7) is 1.84. The lowest BCUT2D eigenvalue weighted by atomic mass is 9.88. The predicted molar refractivity (Wildman–Crippen MR) is 73.7 cm³/mol. The van der Waals surface area contributed by atoms with Crippen LogP contribution >= 0.6 is 15.9 Å². The average Bonchev–Trinajstić information content (AvgIpc) is 2.39. The van der Waals surface area contributed by atoms with Crippen LogP contribution in [0, 0.1) is 11.7 Å². The van der Waals surface area contributed by atoms with E-state index in [0.717, 1.165) is 6.29 Å². The van der Waals surface area contributed by atoms with Crippen molar-refractivity contribution in [3.8, 4) is 0 Å². The average molecular weight is 328 g/mol. The summed E-state index contributed by atoms with van der Waals surface area (Å²) in [7, 11) is 0. The fourth-order valence-electron chi connectivity index (χ4n) is 2.39. The molecule has 0 aliphatic carbocycles. The van der Waals surface area contributed by atoms with Crippen LogP contribution in [0.25, 0.3) is 0 Å². The molecule has 0 aromatic heterocycles. The normalized spacial score (nSPS) is 17.4. The third-order valence-corrected chi connectivity index (χ3v) is 3.98. The number of piperidine rings is 1. The summed E-state index contributed by atoms with van der Waals surface area (Å²) < 4.78 is 14.4. The van der Waals surface area contributed by atoms with E-state index < -0.39 is 5.82 Å². The number of benzene rings is 1. The summed E-state index contributed by atoms with van der Waals surface area (Å²) in [5.74, 6) is -0.746. The molecule has 0 atom stereocenters. The van der Waals surface area contributed by atoms with Gasteiger partial charge in [-0.25, -0.2) is 4.39 Å². The topological polar surface area (TPSA) is 37.4 Å². The van der Waals surface area contributed by atoms with E-state index in [4.69, 9.17) is 0 Å². The Labute approximate surface area is 119 Å². The predicted octanol–water partition coefficient (Wildman–Crippen LogP) is 2.68. The monoisotopic (exact) mass is 327 g/mol. The molecule has 0 bridgehead atoms. The van der Waals surface area contributed by atoms with Gasteiger partial charge in [0.2, 0.25) is 0 Å². The summed E-state index contributed by atoms with van der Waals surface area (Å²) in [4.78, 5) is 24.7. The van der Waals surface area contributed by atoms with E-state index in [2.05, 4.69) is 15.9 Å². The first-order valence-corrected chi connectivity index (χ1v) is 7.06. The van der Waals surface area contributed by atoms with Gasteiger partial charge in [-0.2, -0.15) is 0 Å². The van der Waals surface area contributed by atoms with Gasteiger partial charge in [0.15, 0.2) is 5.78 Å². The van der Waals surface area contributed by atoms with Crippen molar-refractivity contribution >= 4 is 28.0 Å². The molecule has 0 unspecified atom stereocenters. The Balaban J connectivity index is 2.03. The molecule has 2 rings (SSSR count). The van der Waals surface area contributed by atoms with Crippen LogP contribution in [0.4, 0.5) is 4.39 Å². The molecule has 0 N–H and O–H groups in total. The quantitative estimate of drug-likeness (QED) is 0.630. The lowest BCUT2D eigenvalue weighted by Gasteiger charge is -2.29. The highest BCUT2D eigenvalue weighted by Gasteiger charge is 2.27. The van der Waals surface area contributed by atoms with Crippen LogP contribution in [0.15, 0.2) is 22.7 Å². The number of likely N-dealkylation sites (tertiary alicyclic amines) is 1. The van der Waals surface area contributed by atoms with Crippen molar-refractivity contribution in [2.45, 2.75) is 12.8 Å². The molecule has 0 saturated carbocycles. The van der Waals surface area contributed by atoms with Crippen molar-refractivity contribution in [2.75, 3.05) is 19.6 Å². The summed E-state index contributed by atoms with van der Waals surface area (Å²) in [6.07, 6.45) is 2.24. The van der Waals surface area contributed by atoms with Crippen molar-refractivity contribution in [3.63, 3.8) is 0 Å². The van der Waals surface area contributed by atoms with E-state index >= 15 is 0 Å². The first kappa shape index (κ1) is 14.3. The summed E-state index contributed by atoms with van der Waals surface area (Å²) in [5, 5.41) is 0. The highest BCUT2D eigenvalue weighted by Crippen LogP contribution is 2.24. The lowest BCUT2D eigenvalue weighted by Crippen LogP contribution is -2.37. The molecule has 1 heterocycles. The Morgan fingerprint density at radius 3 is 2.68 bits per heavy atom. The first-order valence-electron chi connectivity index (χ1n) is 6.27. The molecule has 102 valence electrons. The Bertz CT molecular complexity index is 484. The van der Waals surface area contributed by atoms with Gasteiger partial charge in [0.05, 0.1) is 12.1 Å². The smallest absolute Gasteiger partial charge is 0.168 e.